The maximum absolute atomic E-state index is 11.9. The van der Waals surface area contributed by atoms with Crippen molar-refractivity contribution in [1.82, 2.24) is 0 Å². The Hall–Kier alpha value is -0.130. The van der Waals surface area contributed by atoms with Crippen molar-refractivity contribution in [2.24, 2.45) is 11.8 Å². The Balaban J connectivity index is 3.32. The summed E-state index contributed by atoms with van der Waals surface area (Å²) in [6.07, 6.45) is 33.0. The van der Waals surface area contributed by atoms with Crippen LogP contribution in [0.1, 0.15) is 195 Å². The number of rotatable bonds is 32. The van der Waals surface area contributed by atoms with E-state index in [1.165, 1.54) is 128 Å². The molecule has 0 fully saturated rings. The van der Waals surface area contributed by atoms with E-state index in [0.717, 1.165) is 50.4 Å². The van der Waals surface area contributed by atoms with E-state index < -0.39 is 10.4 Å². The molecule has 39 heavy (non-hydrogen) atoms. The van der Waals surface area contributed by atoms with Gasteiger partial charge in [-0.05, 0) is 24.7 Å². The van der Waals surface area contributed by atoms with E-state index in [4.69, 9.17) is 8.37 Å². The van der Waals surface area contributed by atoms with E-state index >= 15 is 0 Å². The van der Waals surface area contributed by atoms with Crippen molar-refractivity contribution >= 4 is 10.4 Å². The summed E-state index contributed by atoms with van der Waals surface area (Å²) in [7, 11) is -3.82. The van der Waals surface area contributed by atoms with E-state index in [1.807, 2.05) is 0 Å². The van der Waals surface area contributed by atoms with Gasteiger partial charge in [-0.2, -0.15) is 8.42 Å². The normalized spacial score (nSPS) is 13.6. The molecule has 236 valence electrons. The molecular formula is C34H70O4S. The minimum atomic E-state index is -3.82. The minimum absolute atomic E-state index is 0.247. The third-order valence-electron chi connectivity index (χ3n) is 8.53. The Morgan fingerprint density at radius 2 is 0.641 bits per heavy atom. The third kappa shape index (κ3) is 30.7. The highest BCUT2D eigenvalue weighted by molar-refractivity contribution is 7.81. The fourth-order valence-electron chi connectivity index (χ4n) is 5.14. The average molecular weight is 575 g/mol. The molecular weight excluding hydrogens is 504 g/mol. The van der Waals surface area contributed by atoms with Gasteiger partial charge >= 0.3 is 10.4 Å². The smallest absolute Gasteiger partial charge is 0.248 e. The van der Waals surface area contributed by atoms with Gasteiger partial charge in [-0.25, -0.2) is 8.37 Å². The van der Waals surface area contributed by atoms with E-state index in [1.54, 1.807) is 0 Å². The molecule has 0 amide bonds. The standard InChI is InChI=1S/C34H70O4S/c1-5-33(3)29-25-21-17-13-9-7-11-15-19-23-27-31-37-39(35,36)38-32-28-24-20-16-12-8-10-14-18-22-26-30-34(4)6-2/h33-34H,5-32H2,1-4H3. The topological polar surface area (TPSA) is 52.6 Å². The summed E-state index contributed by atoms with van der Waals surface area (Å²) in [4.78, 5) is 0. The summed E-state index contributed by atoms with van der Waals surface area (Å²) >= 11 is 0. The van der Waals surface area contributed by atoms with Crippen LogP contribution >= 0.6 is 0 Å². The zero-order chi connectivity index (χ0) is 28.9. The second-order valence-electron chi connectivity index (χ2n) is 12.4. The van der Waals surface area contributed by atoms with Crippen LogP contribution in [0, 0.1) is 11.8 Å². The molecule has 0 N–H and O–H groups in total. The van der Waals surface area contributed by atoms with Crippen molar-refractivity contribution in [2.45, 2.75) is 195 Å². The first-order chi connectivity index (χ1) is 18.9. The summed E-state index contributed by atoms with van der Waals surface area (Å²) < 4.78 is 33.8. The van der Waals surface area contributed by atoms with Gasteiger partial charge in [0.05, 0.1) is 13.2 Å². The van der Waals surface area contributed by atoms with Gasteiger partial charge < -0.3 is 0 Å². The van der Waals surface area contributed by atoms with Gasteiger partial charge in [0, 0.05) is 0 Å². The first-order valence-electron chi connectivity index (χ1n) is 17.4. The highest BCUT2D eigenvalue weighted by atomic mass is 32.3. The van der Waals surface area contributed by atoms with Gasteiger partial charge in [0.1, 0.15) is 0 Å². The van der Waals surface area contributed by atoms with Gasteiger partial charge in [-0.15, -0.1) is 0 Å². The lowest BCUT2D eigenvalue weighted by atomic mass is 9.99. The monoisotopic (exact) mass is 574 g/mol. The zero-order valence-corrected chi connectivity index (χ0v) is 27.8. The number of hydrogen-bond acceptors (Lipinski definition) is 4. The Morgan fingerprint density at radius 3 is 0.897 bits per heavy atom. The second-order valence-corrected chi connectivity index (χ2v) is 13.7. The molecule has 4 nitrogen and oxygen atoms in total. The summed E-state index contributed by atoms with van der Waals surface area (Å²) in [5.41, 5.74) is 0. The largest absolute Gasteiger partial charge is 0.399 e. The zero-order valence-electron chi connectivity index (χ0n) is 27.0. The maximum Gasteiger partial charge on any atom is 0.399 e. The fraction of sp³-hybridized carbons (Fsp3) is 1.00. The Labute approximate surface area is 246 Å². The van der Waals surface area contributed by atoms with E-state index in [9.17, 15) is 8.42 Å². The van der Waals surface area contributed by atoms with Crippen molar-refractivity contribution in [3.8, 4) is 0 Å². The van der Waals surface area contributed by atoms with Crippen LogP contribution in [0.2, 0.25) is 0 Å². The first kappa shape index (κ1) is 38.9. The van der Waals surface area contributed by atoms with Gasteiger partial charge in [0.2, 0.25) is 0 Å². The number of hydrogen-bond donors (Lipinski definition) is 0. The van der Waals surface area contributed by atoms with Crippen molar-refractivity contribution in [1.29, 1.82) is 0 Å². The van der Waals surface area contributed by atoms with Crippen LogP contribution in [-0.2, 0) is 18.8 Å². The molecule has 0 aromatic rings. The van der Waals surface area contributed by atoms with Crippen LogP contribution < -0.4 is 0 Å². The first-order valence-corrected chi connectivity index (χ1v) is 18.8. The predicted molar refractivity (Wildman–Crippen MR) is 171 cm³/mol. The Bertz CT molecular complexity index is 534. The lowest BCUT2D eigenvalue weighted by molar-refractivity contribution is 0.208. The predicted octanol–water partition coefficient (Wildman–Crippen LogP) is 11.7. The summed E-state index contributed by atoms with van der Waals surface area (Å²) in [6, 6.07) is 0. The molecule has 0 heterocycles. The summed E-state index contributed by atoms with van der Waals surface area (Å²) in [5.74, 6) is 1.79. The highest BCUT2D eigenvalue weighted by Crippen LogP contribution is 2.17. The quantitative estimate of drug-likeness (QED) is 0.0750. The van der Waals surface area contributed by atoms with Crippen molar-refractivity contribution in [3.63, 3.8) is 0 Å². The average Bonchev–Trinajstić information content (AvgIpc) is 2.92. The minimum Gasteiger partial charge on any atom is -0.248 e. The molecule has 0 radical (unpaired) electrons. The molecule has 0 bridgehead atoms. The van der Waals surface area contributed by atoms with Crippen LogP contribution in [0.15, 0.2) is 0 Å². The van der Waals surface area contributed by atoms with Crippen LogP contribution in [0.25, 0.3) is 0 Å². The molecule has 0 aromatic carbocycles. The second kappa shape index (κ2) is 29.4. The molecule has 0 saturated heterocycles. The molecule has 2 atom stereocenters. The summed E-state index contributed by atoms with van der Waals surface area (Å²) in [6.45, 7) is 9.79. The lowest BCUT2D eigenvalue weighted by Crippen LogP contribution is -2.12. The van der Waals surface area contributed by atoms with Gasteiger partial charge in [0.25, 0.3) is 0 Å². The Morgan fingerprint density at radius 1 is 0.410 bits per heavy atom. The molecule has 0 rings (SSSR count). The SMILES string of the molecule is CCC(C)CCCCCCCCCCCCCOS(=O)(=O)OCCCCCCCCCCCCCC(C)CC. The van der Waals surface area contributed by atoms with Crippen molar-refractivity contribution in [2.75, 3.05) is 13.2 Å². The van der Waals surface area contributed by atoms with Gasteiger partial charge in [-0.3, -0.25) is 0 Å². The molecule has 0 aromatic heterocycles. The van der Waals surface area contributed by atoms with E-state index in [2.05, 4.69) is 27.7 Å². The van der Waals surface area contributed by atoms with Crippen LogP contribution in [0.4, 0.5) is 0 Å². The summed E-state index contributed by atoms with van der Waals surface area (Å²) in [5, 5.41) is 0. The van der Waals surface area contributed by atoms with Crippen LogP contribution in [0.5, 0.6) is 0 Å². The molecule has 5 heteroatoms. The molecule has 0 aliphatic rings. The van der Waals surface area contributed by atoms with Gasteiger partial charge in [0.15, 0.2) is 0 Å². The van der Waals surface area contributed by atoms with Crippen molar-refractivity contribution in [3.05, 3.63) is 0 Å². The Kier molecular flexibility index (Phi) is 29.3. The highest BCUT2D eigenvalue weighted by Gasteiger charge is 2.11. The van der Waals surface area contributed by atoms with Crippen LogP contribution in [0.3, 0.4) is 0 Å². The molecule has 0 aliphatic carbocycles. The fourth-order valence-corrected chi connectivity index (χ4v) is 5.85. The van der Waals surface area contributed by atoms with E-state index in [0.29, 0.717) is 0 Å². The number of unbranched alkanes of at least 4 members (excludes halogenated alkanes) is 20. The lowest BCUT2D eigenvalue weighted by Gasteiger charge is -2.08. The molecule has 0 aliphatic heterocycles. The van der Waals surface area contributed by atoms with E-state index in [-0.39, 0.29) is 13.2 Å². The third-order valence-corrected chi connectivity index (χ3v) is 9.44. The molecule has 0 spiro atoms. The molecule has 2 unspecified atom stereocenters. The maximum atomic E-state index is 11.9. The van der Waals surface area contributed by atoms with Gasteiger partial charge in [-0.1, -0.05) is 182 Å². The molecule has 0 saturated carbocycles. The van der Waals surface area contributed by atoms with Crippen LogP contribution in [-0.4, -0.2) is 21.6 Å². The van der Waals surface area contributed by atoms with Crippen molar-refractivity contribution < 1.29 is 16.8 Å².